The van der Waals surface area contributed by atoms with Gasteiger partial charge in [0.2, 0.25) is 0 Å². The first kappa shape index (κ1) is 13.5. The van der Waals surface area contributed by atoms with Gasteiger partial charge in [0.1, 0.15) is 6.33 Å². The average Bonchev–Trinajstić information content (AvgIpc) is 2.86. The number of methoxy groups -OCH3 is 2. The van der Waals surface area contributed by atoms with Crippen LogP contribution < -0.4 is 5.32 Å². The number of aromatic nitrogens is 3. The number of aryl methyl sites for hydroxylation is 1. The second-order valence-electron chi connectivity index (χ2n) is 4.13. The van der Waals surface area contributed by atoms with E-state index in [1.165, 1.54) is 0 Å². The predicted octanol–water partition coefficient (Wildman–Crippen LogP) is 1.51. The molecule has 6 nitrogen and oxygen atoms in total. The molecule has 19 heavy (non-hydrogen) atoms. The summed E-state index contributed by atoms with van der Waals surface area (Å²) in [6.45, 7) is 0.579. The normalized spacial score (nSPS) is 10.9. The molecule has 1 heterocycles. The van der Waals surface area contributed by atoms with Gasteiger partial charge in [-0.05, 0) is 12.1 Å². The van der Waals surface area contributed by atoms with Crippen molar-refractivity contribution in [3.63, 3.8) is 0 Å². The summed E-state index contributed by atoms with van der Waals surface area (Å²) in [5.74, 6) is 0.832. The molecule has 6 heteroatoms. The summed E-state index contributed by atoms with van der Waals surface area (Å²) in [5, 5.41) is 11.2. The fraction of sp³-hybridized carbons (Fsp3) is 0.385. The van der Waals surface area contributed by atoms with Gasteiger partial charge >= 0.3 is 0 Å². The van der Waals surface area contributed by atoms with Crippen LogP contribution in [0, 0.1) is 0 Å². The molecule has 0 fully saturated rings. The van der Waals surface area contributed by atoms with Crippen LogP contribution in [0.15, 0.2) is 30.6 Å². The van der Waals surface area contributed by atoms with Crippen molar-refractivity contribution in [2.75, 3.05) is 26.1 Å². The van der Waals surface area contributed by atoms with E-state index in [1.54, 1.807) is 20.5 Å². The lowest BCUT2D eigenvalue weighted by Gasteiger charge is -2.15. The SMILES string of the molecule is COC(CNc1cccc(-c2nncn2C)c1)OC. The van der Waals surface area contributed by atoms with Gasteiger partial charge in [0.05, 0.1) is 6.54 Å². The van der Waals surface area contributed by atoms with Gasteiger partial charge in [0.15, 0.2) is 12.1 Å². The molecule has 0 unspecified atom stereocenters. The fourth-order valence-corrected chi connectivity index (χ4v) is 1.78. The molecule has 2 rings (SSSR count). The number of benzene rings is 1. The average molecular weight is 262 g/mol. The minimum Gasteiger partial charge on any atom is -0.380 e. The van der Waals surface area contributed by atoms with Gasteiger partial charge in [-0.15, -0.1) is 10.2 Å². The van der Waals surface area contributed by atoms with E-state index >= 15 is 0 Å². The van der Waals surface area contributed by atoms with Gasteiger partial charge in [-0.2, -0.15) is 0 Å². The van der Waals surface area contributed by atoms with Crippen LogP contribution in [-0.4, -0.2) is 41.8 Å². The monoisotopic (exact) mass is 262 g/mol. The molecule has 102 valence electrons. The van der Waals surface area contributed by atoms with E-state index in [9.17, 15) is 0 Å². The molecule has 2 aromatic rings. The molecule has 0 aliphatic carbocycles. The van der Waals surface area contributed by atoms with E-state index in [1.807, 2.05) is 35.9 Å². The van der Waals surface area contributed by atoms with Crippen LogP contribution >= 0.6 is 0 Å². The molecule has 0 saturated heterocycles. The minimum atomic E-state index is -0.265. The lowest BCUT2D eigenvalue weighted by Crippen LogP contribution is -2.23. The molecule has 1 aromatic heterocycles. The lowest BCUT2D eigenvalue weighted by molar-refractivity contribution is -0.0914. The van der Waals surface area contributed by atoms with Crippen molar-refractivity contribution in [1.29, 1.82) is 0 Å². The van der Waals surface area contributed by atoms with Gasteiger partial charge in [-0.1, -0.05) is 12.1 Å². The Morgan fingerprint density at radius 3 is 2.74 bits per heavy atom. The van der Waals surface area contributed by atoms with E-state index in [0.717, 1.165) is 17.1 Å². The Kier molecular flexibility index (Phi) is 4.48. The molecule has 0 amide bonds. The predicted molar refractivity (Wildman–Crippen MR) is 72.7 cm³/mol. The summed E-state index contributed by atoms with van der Waals surface area (Å²) in [6, 6.07) is 7.98. The van der Waals surface area contributed by atoms with Crippen molar-refractivity contribution in [2.24, 2.45) is 7.05 Å². The van der Waals surface area contributed by atoms with Crippen LogP contribution in [0.2, 0.25) is 0 Å². The molecule has 0 aliphatic heterocycles. The zero-order chi connectivity index (χ0) is 13.7. The first-order valence-corrected chi connectivity index (χ1v) is 5.98. The third kappa shape index (κ3) is 3.30. The van der Waals surface area contributed by atoms with Crippen LogP contribution in [0.25, 0.3) is 11.4 Å². The van der Waals surface area contributed by atoms with Crippen molar-refractivity contribution >= 4 is 5.69 Å². The topological polar surface area (TPSA) is 61.2 Å². The molecule has 0 bridgehead atoms. The Balaban J connectivity index is 2.10. The quantitative estimate of drug-likeness (QED) is 0.800. The van der Waals surface area contributed by atoms with E-state index in [4.69, 9.17) is 9.47 Å². The first-order chi connectivity index (χ1) is 9.24. The van der Waals surface area contributed by atoms with E-state index in [2.05, 4.69) is 15.5 Å². The van der Waals surface area contributed by atoms with Crippen molar-refractivity contribution in [1.82, 2.24) is 14.8 Å². The van der Waals surface area contributed by atoms with Crippen molar-refractivity contribution in [3.05, 3.63) is 30.6 Å². The highest BCUT2D eigenvalue weighted by Crippen LogP contribution is 2.20. The Hall–Kier alpha value is -1.92. The van der Waals surface area contributed by atoms with Gasteiger partial charge < -0.3 is 19.4 Å². The molecule has 1 aromatic carbocycles. The zero-order valence-corrected chi connectivity index (χ0v) is 11.3. The molecular formula is C13H18N4O2. The van der Waals surface area contributed by atoms with E-state index in [-0.39, 0.29) is 6.29 Å². The summed E-state index contributed by atoms with van der Waals surface area (Å²) in [5.41, 5.74) is 2.00. The number of anilines is 1. The maximum atomic E-state index is 5.13. The number of nitrogens with one attached hydrogen (secondary N) is 1. The summed E-state index contributed by atoms with van der Waals surface area (Å²) < 4.78 is 12.1. The van der Waals surface area contributed by atoms with E-state index in [0.29, 0.717) is 6.54 Å². The van der Waals surface area contributed by atoms with Crippen LogP contribution in [0.4, 0.5) is 5.69 Å². The Morgan fingerprint density at radius 2 is 2.11 bits per heavy atom. The van der Waals surface area contributed by atoms with Crippen LogP contribution in [0.1, 0.15) is 0 Å². The molecule has 0 atom stereocenters. The Labute approximate surface area is 112 Å². The summed E-state index contributed by atoms with van der Waals surface area (Å²) in [6.07, 6.45) is 1.42. The van der Waals surface area contributed by atoms with E-state index < -0.39 is 0 Å². The molecule has 0 radical (unpaired) electrons. The number of nitrogens with zero attached hydrogens (tertiary/aromatic N) is 3. The summed E-state index contributed by atoms with van der Waals surface area (Å²) in [7, 11) is 5.15. The molecule has 0 saturated carbocycles. The molecular weight excluding hydrogens is 244 g/mol. The van der Waals surface area contributed by atoms with Crippen molar-refractivity contribution < 1.29 is 9.47 Å². The highest BCUT2D eigenvalue weighted by molar-refractivity contribution is 5.62. The highest BCUT2D eigenvalue weighted by atomic mass is 16.7. The number of hydrogen-bond acceptors (Lipinski definition) is 5. The number of ether oxygens (including phenoxy) is 2. The fourth-order valence-electron chi connectivity index (χ4n) is 1.78. The number of hydrogen-bond donors (Lipinski definition) is 1. The van der Waals surface area contributed by atoms with Gasteiger partial charge in [-0.3, -0.25) is 0 Å². The Morgan fingerprint density at radius 1 is 1.32 bits per heavy atom. The standard InChI is InChI=1S/C13H18N4O2/c1-17-9-15-16-13(17)10-5-4-6-11(7-10)14-8-12(18-2)19-3/h4-7,9,12,14H,8H2,1-3H3. The smallest absolute Gasteiger partial charge is 0.173 e. The largest absolute Gasteiger partial charge is 0.380 e. The molecule has 0 aliphatic rings. The van der Waals surface area contributed by atoms with Crippen LogP contribution in [0.5, 0.6) is 0 Å². The van der Waals surface area contributed by atoms with Gasteiger partial charge in [0.25, 0.3) is 0 Å². The van der Waals surface area contributed by atoms with Crippen LogP contribution in [-0.2, 0) is 16.5 Å². The first-order valence-electron chi connectivity index (χ1n) is 5.98. The second kappa shape index (κ2) is 6.31. The Bertz CT molecular complexity index is 523. The van der Waals surface area contributed by atoms with Gasteiger partial charge in [-0.25, -0.2) is 0 Å². The molecule has 1 N–H and O–H groups in total. The van der Waals surface area contributed by atoms with Crippen molar-refractivity contribution in [2.45, 2.75) is 6.29 Å². The van der Waals surface area contributed by atoms with Gasteiger partial charge in [0, 0.05) is 32.5 Å². The summed E-state index contributed by atoms with van der Waals surface area (Å²) in [4.78, 5) is 0. The minimum absolute atomic E-state index is 0.265. The lowest BCUT2D eigenvalue weighted by atomic mass is 10.2. The second-order valence-corrected chi connectivity index (χ2v) is 4.13. The zero-order valence-electron chi connectivity index (χ0n) is 11.3. The van der Waals surface area contributed by atoms with Crippen LogP contribution in [0.3, 0.4) is 0 Å². The molecule has 0 spiro atoms. The van der Waals surface area contributed by atoms with Crippen molar-refractivity contribution in [3.8, 4) is 11.4 Å². The summed E-state index contributed by atoms with van der Waals surface area (Å²) >= 11 is 0. The highest BCUT2D eigenvalue weighted by Gasteiger charge is 2.07. The third-order valence-corrected chi connectivity index (χ3v) is 2.83. The third-order valence-electron chi connectivity index (χ3n) is 2.83. The number of rotatable bonds is 6. The maximum absolute atomic E-state index is 5.13. The maximum Gasteiger partial charge on any atom is 0.173 e.